The van der Waals surface area contributed by atoms with E-state index in [1.807, 2.05) is 0 Å². The quantitative estimate of drug-likeness (QED) is 0.427. The van der Waals surface area contributed by atoms with Crippen molar-refractivity contribution in [2.45, 2.75) is 6.42 Å². The molecule has 1 aliphatic heterocycles. The van der Waals surface area contributed by atoms with Gasteiger partial charge in [-0.25, -0.2) is 4.99 Å². The number of isothiocyanates is 1. The van der Waals surface area contributed by atoms with Crippen LogP contribution in [0.1, 0.15) is 6.42 Å². The molecule has 1 unspecified atom stereocenters. The van der Waals surface area contributed by atoms with Gasteiger partial charge in [0.15, 0.2) is 0 Å². The van der Waals surface area contributed by atoms with Gasteiger partial charge in [-0.05, 0) is 18.6 Å². The summed E-state index contributed by atoms with van der Waals surface area (Å²) in [6.45, 7) is 2.53. The molecule has 1 heterocycles. The molecule has 0 aromatic rings. The fourth-order valence-electron chi connectivity index (χ4n) is 0.894. The van der Waals surface area contributed by atoms with Crippen molar-refractivity contribution in [1.82, 2.24) is 0 Å². The largest absolute Gasteiger partial charge is 0.381 e. The van der Waals surface area contributed by atoms with Gasteiger partial charge in [0.1, 0.15) is 0 Å². The SMILES string of the molecule is S=C=NCC1CCOC1. The Kier molecular flexibility index (Phi) is 2.84. The Balaban J connectivity index is 2.18. The van der Waals surface area contributed by atoms with E-state index in [2.05, 4.69) is 22.4 Å². The molecule has 50 valence electrons. The molecule has 0 aliphatic carbocycles. The van der Waals surface area contributed by atoms with Crippen LogP contribution >= 0.6 is 12.2 Å². The molecule has 0 radical (unpaired) electrons. The Labute approximate surface area is 59.9 Å². The lowest BCUT2D eigenvalue weighted by atomic mass is 10.1. The Morgan fingerprint density at radius 3 is 3.22 bits per heavy atom. The van der Waals surface area contributed by atoms with Crippen LogP contribution in [0.5, 0.6) is 0 Å². The summed E-state index contributed by atoms with van der Waals surface area (Å²) in [4.78, 5) is 3.84. The van der Waals surface area contributed by atoms with Gasteiger partial charge in [-0.2, -0.15) is 0 Å². The van der Waals surface area contributed by atoms with Crippen molar-refractivity contribution < 1.29 is 4.74 Å². The average molecular weight is 143 g/mol. The van der Waals surface area contributed by atoms with Crippen LogP contribution in [-0.2, 0) is 4.74 Å². The van der Waals surface area contributed by atoms with Crippen LogP contribution in [0.15, 0.2) is 4.99 Å². The van der Waals surface area contributed by atoms with E-state index in [1.165, 1.54) is 0 Å². The van der Waals surface area contributed by atoms with Gasteiger partial charge in [0.2, 0.25) is 0 Å². The zero-order chi connectivity index (χ0) is 6.53. The van der Waals surface area contributed by atoms with E-state index in [9.17, 15) is 0 Å². The Morgan fingerprint density at radius 1 is 1.78 bits per heavy atom. The summed E-state index contributed by atoms with van der Waals surface area (Å²) in [7, 11) is 0. The van der Waals surface area contributed by atoms with Gasteiger partial charge < -0.3 is 4.74 Å². The summed E-state index contributed by atoms with van der Waals surface area (Å²) in [6.07, 6.45) is 1.13. The maximum absolute atomic E-state index is 5.13. The number of aliphatic imine (C=N–C) groups is 1. The lowest BCUT2D eigenvalue weighted by Gasteiger charge is -1.97. The van der Waals surface area contributed by atoms with Crippen LogP contribution < -0.4 is 0 Å². The van der Waals surface area contributed by atoms with E-state index in [0.29, 0.717) is 5.92 Å². The maximum Gasteiger partial charge on any atom is 0.0585 e. The number of ether oxygens (including phenoxy) is 1. The number of hydrogen-bond donors (Lipinski definition) is 0. The first-order chi connectivity index (χ1) is 4.43. The zero-order valence-corrected chi connectivity index (χ0v) is 5.99. The van der Waals surface area contributed by atoms with Crippen molar-refractivity contribution in [2.24, 2.45) is 10.9 Å². The summed E-state index contributed by atoms with van der Waals surface area (Å²) in [5, 5.41) is 2.35. The molecule has 0 amide bonds. The van der Waals surface area contributed by atoms with E-state index in [1.54, 1.807) is 0 Å². The van der Waals surface area contributed by atoms with Crippen molar-refractivity contribution in [1.29, 1.82) is 0 Å². The molecule has 0 N–H and O–H groups in total. The van der Waals surface area contributed by atoms with Gasteiger partial charge in [0, 0.05) is 12.5 Å². The summed E-state index contributed by atoms with van der Waals surface area (Å²) >= 11 is 4.43. The molecule has 9 heavy (non-hydrogen) atoms. The predicted octanol–water partition coefficient (Wildman–Crippen LogP) is 1.13. The lowest BCUT2D eigenvalue weighted by molar-refractivity contribution is 0.187. The monoisotopic (exact) mass is 143 g/mol. The minimum Gasteiger partial charge on any atom is -0.381 e. The molecule has 0 saturated carbocycles. The highest BCUT2D eigenvalue weighted by molar-refractivity contribution is 7.78. The molecule has 3 heteroatoms. The second-order valence-electron chi connectivity index (χ2n) is 2.16. The van der Waals surface area contributed by atoms with Gasteiger partial charge in [0.05, 0.1) is 18.3 Å². The minimum atomic E-state index is 0.598. The average Bonchev–Trinajstić information content (AvgIpc) is 2.34. The topological polar surface area (TPSA) is 21.6 Å². The van der Waals surface area contributed by atoms with Gasteiger partial charge >= 0.3 is 0 Å². The van der Waals surface area contributed by atoms with Gasteiger partial charge in [-0.3, -0.25) is 0 Å². The Bertz CT molecular complexity index is 125. The van der Waals surface area contributed by atoms with E-state index >= 15 is 0 Å². The first-order valence-electron chi connectivity index (χ1n) is 3.05. The van der Waals surface area contributed by atoms with E-state index < -0.39 is 0 Å². The normalized spacial score (nSPS) is 25.6. The van der Waals surface area contributed by atoms with Crippen LogP contribution in [0.25, 0.3) is 0 Å². The highest BCUT2D eigenvalue weighted by Gasteiger charge is 2.13. The van der Waals surface area contributed by atoms with E-state index in [0.717, 1.165) is 26.2 Å². The molecule has 0 spiro atoms. The zero-order valence-electron chi connectivity index (χ0n) is 5.17. The predicted molar refractivity (Wildman–Crippen MR) is 38.8 cm³/mol. The van der Waals surface area contributed by atoms with E-state index in [4.69, 9.17) is 4.74 Å². The number of rotatable bonds is 2. The molecule has 1 atom stereocenters. The molecule has 0 bridgehead atoms. The van der Waals surface area contributed by atoms with Crippen LogP contribution in [-0.4, -0.2) is 24.9 Å². The standard InChI is InChI=1S/C6H9NOS/c9-5-7-3-6-1-2-8-4-6/h6H,1-4H2. The van der Waals surface area contributed by atoms with Gasteiger partial charge in [-0.1, -0.05) is 0 Å². The molecule has 0 aromatic carbocycles. The number of hydrogen-bond acceptors (Lipinski definition) is 3. The summed E-state index contributed by atoms with van der Waals surface area (Å²) in [5.74, 6) is 0.598. The van der Waals surface area contributed by atoms with Crippen molar-refractivity contribution in [3.8, 4) is 0 Å². The molecule has 1 fully saturated rings. The summed E-state index contributed by atoms with van der Waals surface area (Å²) < 4.78 is 5.13. The van der Waals surface area contributed by atoms with Crippen LogP contribution in [0.4, 0.5) is 0 Å². The molecule has 0 aromatic heterocycles. The van der Waals surface area contributed by atoms with Crippen molar-refractivity contribution >= 4 is 17.4 Å². The Hall–Kier alpha value is -0.240. The van der Waals surface area contributed by atoms with Crippen LogP contribution in [0, 0.1) is 5.92 Å². The maximum atomic E-state index is 5.13. The first-order valence-corrected chi connectivity index (χ1v) is 3.45. The summed E-state index contributed by atoms with van der Waals surface area (Å²) in [6, 6.07) is 0. The van der Waals surface area contributed by atoms with Crippen molar-refractivity contribution in [3.05, 3.63) is 0 Å². The highest BCUT2D eigenvalue weighted by Crippen LogP contribution is 2.11. The van der Waals surface area contributed by atoms with Crippen molar-refractivity contribution in [3.63, 3.8) is 0 Å². The third-order valence-electron chi connectivity index (χ3n) is 1.44. The molecule has 2 nitrogen and oxygen atoms in total. The minimum absolute atomic E-state index is 0.598. The van der Waals surface area contributed by atoms with Crippen LogP contribution in [0.2, 0.25) is 0 Å². The van der Waals surface area contributed by atoms with Gasteiger partial charge in [-0.15, -0.1) is 0 Å². The fourth-order valence-corrected chi connectivity index (χ4v) is 0.968. The highest BCUT2D eigenvalue weighted by atomic mass is 32.1. The molecular weight excluding hydrogens is 134 g/mol. The van der Waals surface area contributed by atoms with Crippen LogP contribution in [0.3, 0.4) is 0 Å². The summed E-state index contributed by atoms with van der Waals surface area (Å²) in [5.41, 5.74) is 0. The fraction of sp³-hybridized carbons (Fsp3) is 0.833. The molecular formula is C6H9NOS. The molecule has 1 rings (SSSR count). The van der Waals surface area contributed by atoms with Crippen molar-refractivity contribution in [2.75, 3.05) is 19.8 Å². The Morgan fingerprint density at radius 2 is 2.67 bits per heavy atom. The molecule has 1 saturated heterocycles. The van der Waals surface area contributed by atoms with Gasteiger partial charge in [0.25, 0.3) is 0 Å². The third-order valence-corrected chi connectivity index (χ3v) is 1.57. The molecule has 1 aliphatic rings. The smallest absolute Gasteiger partial charge is 0.0585 e. The van der Waals surface area contributed by atoms with E-state index in [-0.39, 0.29) is 0 Å². The first kappa shape index (κ1) is 6.87. The lowest BCUT2D eigenvalue weighted by Crippen LogP contribution is -2.02. The second kappa shape index (κ2) is 3.72. The third kappa shape index (κ3) is 2.22. The number of thiocarbonyl (C=S) groups is 1. The second-order valence-corrected chi connectivity index (χ2v) is 2.34. The number of nitrogens with zero attached hydrogens (tertiary/aromatic N) is 1.